The number of aromatic nitrogens is 4. The van der Waals surface area contributed by atoms with E-state index in [0.29, 0.717) is 42.4 Å². The van der Waals surface area contributed by atoms with Crippen LogP contribution in [0.5, 0.6) is 0 Å². The average Bonchev–Trinajstić information content (AvgIpc) is 3.31. The highest BCUT2D eigenvalue weighted by molar-refractivity contribution is 5.77. The Morgan fingerprint density at radius 3 is 2.24 bits per heavy atom. The molecule has 0 unspecified atom stereocenters. The zero-order chi connectivity index (χ0) is 24.1. The summed E-state index contributed by atoms with van der Waals surface area (Å²) >= 11 is 0. The number of nitrogens with zero attached hydrogens (tertiary/aromatic N) is 5. The monoisotopic (exact) mass is 453 g/mol. The molecule has 0 aliphatic carbocycles. The van der Waals surface area contributed by atoms with Crippen molar-refractivity contribution in [3.05, 3.63) is 113 Å². The summed E-state index contributed by atoms with van der Waals surface area (Å²) in [6, 6.07) is 19.3. The summed E-state index contributed by atoms with van der Waals surface area (Å²) in [5, 5.41) is 4.53. The van der Waals surface area contributed by atoms with Crippen LogP contribution in [0.3, 0.4) is 0 Å². The van der Waals surface area contributed by atoms with Gasteiger partial charge in [-0.05, 0) is 12.5 Å². The lowest BCUT2D eigenvalue weighted by molar-refractivity contribution is -0.130. The highest BCUT2D eigenvalue weighted by Gasteiger charge is 2.22. The van der Waals surface area contributed by atoms with Crippen LogP contribution in [0.1, 0.15) is 16.8 Å². The van der Waals surface area contributed by atoms with Crippen molar-refractivity contribution in [3.63, 3.8) is 0 Å². The number of carbonyl (C=O) groups excluding carboxylic acids is 1. The standard InChI is InChI=1S/C27H27N5O2/c1-4-16-30(17-5-2)24(33)19-31-20(3)23(18-21-12-8-6-9-13-21)26(34)32-27(31)28-25(29-32)22-14-10-7-11-15-22/h4-15H,1-2,16-19H2,3H3. The molecule has 2 heterocycles. The van der Waals surface area contributed by atoms with Crippen LogP contribution < -0.4 is 5.56 Å². The van der Waals surface area contributed by atoms with Gasteiger partial charge >= 0.3 is 0 Å². The molecule has 0 N–H and O–H groups in total. The molecule has 4 aromatic rings. The summed E-state index contributed by atoms with van der Waals surface area (Å²) < 4.78 is 3.09. The van der Waals surface area contributed by atoms with E-state index in [0.717, 1.165) is 11.1 Å². The van der Waals surface area contributed by atoms with Crippen LogP contribution in [0.15, 0.2) is 90.8 Å². The Labute approximate surface area is 198 Å². The molecule has 0 saturated carbocycles. The normalized spacial score (nSPS) is 10.9. The zero-order valence-electron chi connectivity index (χ0n) is 19.2. The third-order valence-electron chi connectivity index (χ3n) is 5.72. The van der Waals surface area contributed by atoms with Gasteiger partial charge in [0.1, 0.15) is 6.54 Å². The van der Waals surface area contributed by atoms with Gasteiger partial charge in [-0.15, -0.1) is 18.3 Å². The Morgan fingerprint density at radius 1 is 1.00 bits per heavy atom. The first-order valence-corrected chi connectivity index (χ1v) is 11.1. The third-order valence-corrected chi connectivity index (χ3v) is 5.72. The summed E-state index contributed by atoms with van der Waals surface area (Å²) in [5.41, 5.74) is 2.84. The lowest BCUT2D eigenvalue weighted by Crippen LogP contribution is -2.36. The number of hydrogen-bond donors (Lipinski definition) is 0. The highest BCUT2D eigenvalue weighted by Crippen LogP contribution is 2.18. The van der Waals surface area contributed by atoms with Gasteiger partial charge in [0.25, 0.3) is 5.56 Å². The smallest absolute Gasteiger partial charge is 0.279 e. The fourth-order valence-corrected chi connectivity index (χ4v) is 3.94. The molecule has 2 aromatic heterocycles. The second-order valence-electron chi connectivity index (χ2n) is 8.01. The minimum atomic E-state index is -0.233. The molecule has 4 rings (SSSR count). The van der Waals surface area contributed by atoms with Gasteiger partial charge in [-0.1, -0.05) is 72.8 Å². The molecule has 0 bridgehead atoms. The average molecular weight is 454 g/mol. The Balaban J connectivity index is 1.88. The fraction of sp³-hybridized carbons (Fsp3) is 0.185. The van der Waals surface area contributed by atoms with Crippen molar-refractivity contribution in [1.82, 2.24) is 24.1 Å². The van der Waals surface area contributed by atoms with Crippen molar-refractivity contribution in [3.8, 4) is 11.4 Å². The van der Waals surface area contributed by atoms with Gasteiger partial charge in [0.2, 0.25) is 11.7 Å². The van der Waals surface area contributed by atoms with E-state index in [1.54, 1.807) is 21.6 Å². The van der Waals surface area contributed by atoms with Gasteiger partial charge in [0.15, 0.2) is 5.82 Å². The molecule has 172 valence electrons. The summed E-state index contributed by atoms with van der Waals surface area (Å²) in [6.45, 7) is 10.2. The Kier molecular flexibility index (Phi) is 6.82. The maximum absolute atomic E-state index is 13.5. The van der Waals surface area contributed by atoms with E-state index in [1.165, 1.54) is 4.52 Å². The minimum Gasteiger partial charge on any atom is -0.334 e. The minimum absolute atomic E-state index is 0.0198. The van der Waals surface area contributed by atoms with Crippen LogP contribution in [0.4, 0.5) is 0 Å². The number of rotatable bonds is 9. The van der Waals surface area contributed by atoms with Gasteiger partial charge in [0, 0.05) is 36.3 Å². The molecule has 34 heavy (non-hydrogen) atoms. The van der Waals surface area contributed by atoms with Gasteiger partial charge in [0.05, 0.1) is 0 Å². The second kappa shape index (κ2) is 10.1. The fourth-order valence-electron chi connectivity index (χ4n) is 3.94. The molecule has 7 heteroatoms. The molecular weight excluding hydrogens is 426 g/mol. The molecule has 0 aliphatic heterocycles. The van der Waals surface area contributed by atoms with Crippen molar-refractivity contribution in [2.24, 2.45) is 0 Å². The lowest BCUT2D eigenvalue weighted by atomic mass is 10.0. The van der Waals surface area contributed by atoms with Crippen molar-refractivity contribution >= 4 is 11.7 Å². The first kappa shape index (κ1) is 22.9. The van der Waals surface area contributed by atoms with E-state index in [2.05, 4.69) is 23.2 Å². The SMILES string of the molecule is C=CCN(CC=C)C(=O)Cn1c(C)c(Cc2ccccc2)c(=O)n2nc(-c3ccccc3)nc12. The molecular formula is C27H27N5O2. The van der Waals surface area contributed by atoms with Gasteiger partial charge < -0.3 is 9.47 Å². The molecule has 0 aliphatic rings. The molecule has 1 amide bonds. The van der Waals surface area contributed by atoms with Crippen molar-refractivity contribution < 1.29 is 4.79 Å². The first-order valence-electron chi connectivity index (χ1n) is 11.1. The number of amides is 1. The predicted octanol–water partition coefficient (Wildman–Crippen LogP) is 3.66. The van der Waals surface area contributed by atoms with E-state index in [-0.39, 0.29) is 18.0 Å². The van der Waals surface area contributed by atoms with E-state index >= 15 is 0 Å². The number of benzene rings is 2. The Hall–Kier alpha value is -4.26. The Morgan fingerprint density at radius 2 is 1.62 bits per heavy atom. The highest BCUT2D eigenvalue weighted by atomic mass is 16.2. The van der Waals surface area contributed by atoms with Crippen LogP contribution in [0, 0.1) is 6.92 Å². The van der Waals surface area contributed by atoms with Gasteiger partial charge in [-0.25, -0.2) is 0 Å². The third kappa shape index (κ3) is 4.59. The van der Waals surface area contributed by atoms with E-state index < -0.39 is 0 Å². The van der Waals surface area contributed by atoms with Crippen molar-refractivity contribution in [2.45, 2.75) is 19.9 Å². The molecule has 0 fully saturated rings. The number of carbonyl (C=O) groups is 1. The van der Waals surface area contributed by atoms with Gasteiger partial charge in [-0.3, -0.25) is 9.59 Å². The topological polar surface area (TPSA) is 72.5 Å². The summed E-state index contributed by atoms with van der Waals surface area (Å²) in [7, 11) is 0. The number of fused-ring (bicyclic) bond motifs is 1. The van der Waals surface area contributed by atoms with E-state index in [1.807, 2.05) is 67.6 Å². The molecule has 0 radical (unpaired) electrons. The lowest BCUT2D eigenvalue weighted by Gasteiger charge is -2.22. The molecule has 0 spiro atoms. The van der Waals surface area contributed by atoms with Crippen LogP contribution in [0.2, 0.25) is 0 Å². The summed E-state index contributed by atoms with van der Waals surface area (Å²) in [5.74, 6) is 0.649. The van der Waals surface area contributed by atoms with Crippen LogP contribution in [0.25, 0.3) is 17.2 Å². The van der Waals surface area contributed by atoms with Crippen molar-refractivity contribution in [1.29, 1.82) is 0 Å². The van der Waals surface area contributed by atoms with E-state index in [9.17, 15) is 9.59 Å². The zero-order valence-corrected chi connectivity index (χ0v) is 19.2. The maximum atomic E-state index is 13.5. The predicted molar refractivity (Wildman–Crippen MR) is 134 cm³/mol. The Bertz CT molecular complexity index is 1380. The maximum Gasteiger partial charge on any atom is 0.279 e. The van der Waals surface area contributed by atoms with Crippen LogP contribution >= 0.6 is 0 Å². The first-order chi connectivity index (χ1) is 16.5. The molecule has 2 aromatic carbocycles. The molecule has 0 atom stereocenters. The van der Waals surface area contributed by atoms with Gasteiger partial charge in [-0.2, -0.15) is 9.50 Å². The molecule has 0 saturated heterocycles. The summed E-state index contributed by atoms with van der Waals surface area (Å²) in [4.78, 5) is 33.0. The van der Waals surface area contributed by atoms with Crippen molar-refractivity contribution in [2.75, 3.05) is 13.1 Å². The quantitative estimate of drug-likeness (QED) is 0.363. The summed E-state index contributed by atoms with van der Waals surface area (Å²) in [6.07, 6.45) is 3.79. The van der Waals surface area contributed by atoms with Crippen LogP contribution in [-0.4, -0.2) is 43.1 Å². The second-order valence-corrected chi connectivity index (χ2v) is 8.01. The largest absolute Gasteiger partial charge is 0.334 e. The molecule has 7 nitrogen and oxygen atoms in total. The number of hydrogen-bond acceptors (Lipinski definition) is 4. The van der Waals surface area contributed by atoms with Crippen LogP contribution in [-0.2, 0) is 17.8 Å². The van der Waals surface area contributed by atoms with E-state index in [4.69, 9.17) is 0 Å².